The zero-order chi connectivity index (χ0) is 13.1. The SMILES string of the molecule is CC1CCC(CNc2ncc([N+](=O)[O-])cc2Br)C1. The fraction of sp³-hybridized carbons (Fsp3) is 0.583. The normalized spacial score (nSPS) is 23.0. The van der Waals surface area contributed by atoms with E-state index >= 15 is 0 Å². The Morgan fingerprint density at radius 3 is 2.94 bits per heavy atom. The molecule has 2 unspecified atom stereocenters. The van der Waals surface area contributed by atoms with Gasteiger partial charge in [0.05, 0.1) is 9.40 Å². The van der Waals surface area contributed by atoms with E-state index in [2.05, 4.69) is 33.2 Å². The lowest BCUT2D eigenvalue weighted by molar-refractivity contribution is -0.385. The fourth-order valence-electron chi connectivity index (χ4n) is 2.41. The Balaban J connectivity index is 1.95. The molecule has 0 radical (unpaired) electrons. The summed E-state index contributed by atoms with van der Waals surface area (Å²) in [7, 11) is 0. The summed E-state index contributed by atoms with van der Waals surface area (Å²) in [4.78, 5) is 14.2. The van der Waals surface area contributed by atoms with Crippen LogP contribution in [0.4, 0.5) is 11.5 Å². The maximum absolute atomic E-state index is 10.6. The first kappa shape index (κ1) is 13.3. The van der Waals surface area contributed by atoms with Crippen molar-refractivity contribution in [3.63, 3.8) is 0 Å². The standard InChI is InChI=1S/C12H16BrN3O2/c1-8-2-3-9(4-8)6-14-12-11(13)5-10(7-15-12)16(17)18/h5,7-9H,2-4,6H2,1H3,(H,14,15). The first-order valence-corrected chi connectivity index (χ1v) is 6.89. The van der Waals surface area contributed by atoms with E-state index in [1.807, 2.05) is 0 Å². The van der Waals surface area contributed by atoms with Gasteiger partial charge in [0.15, 0.2) is 0 Å². The lowest BCUT2D eigenvalue weighted by Gasteiger charge is -2.12. The predicted octanol–water partition coefficient (Wildman–Crippen LogP) is 3.60. The van der Waals surface area contributed by atoms with Crippen LogP contribution < -0.4 is 5.32 Å². The first-order valence-electron chi connectivity index (χ1n) is 6.10. The van der Waals surface area contributed by atoms with E-state index in [-0.39, 0.29) is 5.69 Å². The second kappa shape index (κ2) is 5.65. The molecule has 2 atom stereocenters. The monoisotopic (exact) mass is 313 g/mol. The fourth-order valence-corrected chi connectivity index (χ4v) is 2.89. The van der Waals surface area contributed by atoms with Crippen LogP contribution in [0.2, 0.25) is 0 Å². The second-order valence-electron chi connectivity index (χ2n) is 4.95. The van der Waals surface area contributed by atoms with Crippen LogP contribution in [0.25, 0.3) is 0 Å². The Morgan fingerprint density at radius 1 is 1.61 bits per heavy atom. The molecule has 5 nitrogen and oxygen atoms in total. The van der Waals surface area contributed by atoms with E-state index in [1.54, 1.807) is 0 Å². The molecule has 1 aromatic rings. The Kier molecular flexibility index (Phi) is 4.16. The van der Waals surface area contributed by atoms with Gasteiger partial charge in [0.25, 0.3) is 5.69 Å². The van der Waals surface area contributed by atoms with Crippen LogP contribution in [0, 0.1) is 22.0 Å². The molecule has 1 heterocycles. The van der Waals surface area contributed by atoms with Gasteiger partial charge in [-0.15, -0.1) is 0 Å². The van der Waals surface area contributed by atoms with Gasteiger partial charge in [-0.1, -0.05) is 13.3 Å². The average Bonchev–Trinajstić information content (AvgIpc) is 2.73. The molecule has 0 saturated heterocycles. The quantitative estimate of drug-likeness (QED) is 0.681. The summed E-state index contributed by atoms with van der Waals surface area (Å²) in [5.74, 6) is 2.18. The number of nitrogens with one attached hydrogen (secondary N) is 1. The van der Waals surface area contributed by atoms with Crippen molar-refractivity contribution in [2.45, 2.75) is 26.2 Å². The number of anilines is 1. The highest BCUT2D eigenvalue weighted by atomic mass is 79.9. The van der Waals surface area contributed by atoms with Gasteiger partial charge in [-0.2, -0.15) is 0 Å². The summed E-state index contributed by atoms with van der Waals surface area (Å²) in [5, 5.41) is 13.9. The Hall–Kier alpha value is -1.17. The van der Waals surface area contributed by atoms with Gasteiger partial charge in [0.1, 0.15) is 12.0 Å². The third kappa shape index (κ3) is 3.19. The van der Waals surface area contributed by atoms with Crippen molar-refractivity contribution in [1.82, 2.24) is 4.98 Å². The maximum Gasteiger partial charge on any atom is 0.288 e. The number of aromatic nitrogens is 1. The molecule has 0 bridgehead atoms. The number of rotatable bonds is 4. The van der Waals surface area contributed by atoms with Gasteiger partial charge in [-0.3, -0.25) is 10.1 Å². The number of hydrogen-bond acceptors (Lipinski definition) is 4. The van der Waals surface area contributed by atoms with Gasteiger partial charge >= 0.3 is 0 Å². The van der Waals surface area contributed by atoms with Crippen LogP contribution in [0.1, 0.15) is 26.2 Å². The third-order valence-electron chi connectivity index (χ3n) is 3.40. The van der Waals surface area contributed by atoms with Crippen LogP contribution in [-0.4, -0.2) is 16.5 Å². The topological polar surface area (TPSA) is 68.1 Å². The number of pyridine rings is 1. The Labute approximate surface area is 114 Å². The molecule has 18 heavy (non-hydrogen) atoms. The largest absolute Gasteiger partial charge is 0.369 e. The van der Waals surface area contributed by atoms with Crippen molar-refractivity contribution >= 4 is 27.4 Å². The molecule has 1 N–H and O–H groups in total. The molecule has 0 aromatic carbocycles. The molecule has 0 amide bonds. The highest BCUT2D eigenvalue weighted by molar-refractivity contribution is 9.10. The average molecular weight is 314 g/mol. The van der Waals surface area contributed by atoms with Crippen LogP contribution in [-0.2, 0) is 0 Å². The zero-order valence-corrected chi connectivity index (χ0v) is 11.8. The molecule has 1 aliphatic carbocycles. The molecular formula is C12H16BrN3O2. The summed E-state index contributed by atoms with van der Waals surface area (Å²) < 4.78 is 0.641. The van der Waals surface area contributed by atoms with E-state index in [9.17, 15) is 10.1 Å². The van der Waals surface area contributed by atoms with Crippen molar-refractivity contribution in [3.8, 4) is 0 Å². The van der Waals surface area contributed by atoms with E-state index in [4.69, 9.17) is 0 Å². The van der Waals surface area contributed by atoms with E-state index in [0.717, 1.165) is 12.5 Å². The van der Waals surface area contributed by atoms with Crippen molar-refractivity contribution < 1.29 is 4.92 Å². The molecule has 2 rings (SSSR count). The minimum absolute atomic E-state index is 0.00177. The number of nitro groups is 1. The smallest absolute Gasteiger partial charge is 0.288 e. The molecule has 6 heteroatoms. The summed E-state index contributed by atoms with van der Waals surface area (Å²) >= 11 is 3.31. The minimum Gasteiger partial charge on any atom is -0.369 e. The zero-order valence-electron chi connectivity index (χ0n) is 10.2. The molecule has 0 aliphatic heterocycles. The predicted molar refractivity (Wildman–Crippen MR) is 73.6 cm³/mol. The number of nitrogens with zero attached hydrogens (tertiary/aromatic N) is 2. The maximum atomic E-state index is 10.6. The summed E-state index contributed by atoms with van der Waals surface area (Å²) in [6, 6.07) is 1.48. The van der Waals surface area contributed by atoms with Gasteiger partial charge in [0, 0.05) is 12.6 Å². The van der Waals surface area contributed by atoms with Crippen molar-refractivity contribution in [2.24, 2.45) is 11.8 Å². The molecule has 1 fully saturated rings. The van der Waals surface area contributed by atoms with E-state index in [0.29, 0.717) is 16.2 Å². The molecule has 1 aliphatic rings. The summed E-state index contributed by atoms with van der Waals surface area (Å²) in [6.07, 6.45) is 5.07. The van der Waals surface area contributed by atoms with Crippen LogP contribution in [0.5, 0.6) is 0 Å². The van der Waals surface area contributed by atoms with Crippen molar-refractivity contribution in [1.29, 1.82) is 0 Å². The van der Waals surface area contributed by atoms with Gasteiger partial charge < -0.3 is 5.32 Å². The lowest BCUT2D eigenvalue weighted by Crippen LogP contribution is -2.12. The minimum atomic E-state index is -0.444. The number of hydrogen-bond donors (Lipinski definition) is 1. The highest BCUT2D eigenvalue weighted by Gasteiger charge is 2.21. The molecule has 98 valence electrons. The van der Waals surface area contributed by atoms with Crippen LogP contribution in [0.15, 0.2) is 16.7 Å². The molecular weight excluding hydrogens is 298 g/mol. The Morgan fingerprint density at radius 2 is 2.39 bits per heavy atom. The van der Waals surface area contributed by atoms with E-state index in [1.165, 1.54) is 31.5 Å². The molecule has 1 aromatic heterocycles. The van der Waals surface area contributed by atoms with Gasteiger partial charge in [-0.25, -0.2) is 4.98 Å². The van der Waals surface area contributed by atoms with Crippen molar-refractivity contribution in [2.75, 3.05) is 11.9 Å². The van der Waals surface area contributed by atoms with Gasteiger partial charge in [0.2, 0.25) is 0 Å². The first-order chi connectivity index (χ1) is 8.56. The third-order valence-corrected chi connectivity index (χ3v) is 4.00. The van der Waals surface area contributed by atoms with E-state index < -0.39 is 4.92 Å². The second-order valence-corrected chi connectivity index (χ2v) is 5.80. The molecule has 0 spiro atoms. The molecule has 1 saturated carbocycles. The van der Waals surface area contributed by atoms with Crippen LogP contribution in [0.3, 0.4) is 0 Å². The van der Waals surface area contributed by atoms with Gasteiger partial charge in [-0.05, 0) is 40.6 Å². The summed E-state index contributed by atoms with van der Waals surface area (Å²) in [5.41, 5.74) is 0.00177. The summed E-state index contributed by atoms with van der Waals surface area (Å²) in [6.45, 7) is 3.16. The van der Waals surface area contributed by atoms with Crippen LogP contribution >= 0.6 is 15.9 Å². The lowest BCUT2D eigenvalue weighted by atomic mass is 10.1. The highest BCUT2D eigenvalue weighted by Crippen LogP contribution is 2.31. The van der Waals surface area contributed by atoms with Crippen molar-refractivity contribution in [3.05, 3.63) is 26.9 Å². The Bertz CT molecular complexity index is 453. The number of halogens is 1.